The first-order valence-corrected chi connectivity index (χ1v) is 8.58. The van der Waals surface area contributed by atoms with Gasteiger partial charge in [0.1, 0.15) is 5.82 Å². The highest BCUT2D eigenvalue weighted by atomic mass is 19.1. The Morgan fingerprint density at radius 3 is 2.80 bits per heavy atom. The molecular weight excluding hydrogens is 321 g/mol. The molecule has 25 heavy (non-hydrogen) atoms. The zero-order valence-electron chi connectivity index (χ0n) is 14.0. The van der Waals surface area contributed by atoms with Crippen molar-refractivity contribution in [3.63, 3.8) is 0 Å². The van der Waals surface area contributed by atoms with E-state index in [1.54, 1.807) is 18.3 Å². The molecule has 0 radical (unpaired) electrons. The number of nitrogens with zero attached hydrogens (tertiary/aromatic N) is 1. The van der Waals surface area contributed by atoms with Crippen LogP contribution in [0.1, 0.15) is 31.2 Å². The van der Waals surface area contributed by atoms with Gasteiger partial charge in [-0.1, -0.05) is 12.5 Å². The average Bonchev–Trinajstić information content (AvgIpc) is 2.60. The summed E-state index contributed by atoms with van der Waals surface area (Å²) in [7, 11) is 0. The van der Waals surface area contributed by atoms with Crippen molar-refractivity contribution in [1.82, 2.24) is 9.88 Å². The first-order valence-electron chi connectivity index (χ1n) is 8.58. The fourth-order valence-electron chi connectivity index (χ4n) is 3.26. The molecule has 1 aromatic heterocycles. The molecule has 2 aromatic rings. The Bertz CT molecular complexity index is 773. The number of piperidine rings is 1. The number of benzene rings is 1. The van der Waals surface area contributed by atoms with Crippen molar-refractivity contribution in [1.29, 1.82) is 0 Å². The molecule has 1 aliphatic heterocycles. The third-order valence-corrected chi connectivity index (χ3v) is 4.57. The van der Waals surface area contributed by atoms with Gasteiger partial charge in [-0.25, -0.2) is 4.39 Å². The van der Waals surface area contributed by atoms with Crippen LogP contribution in [-0.2, 0) is 11.3 Å². The number of anilines is 1. The van der Waals surface area contributed by atoms with Crippen LogP contribution in [0.3, 0.4) is 0 Å². The van der Waals surface area contributed by atoms with E-state index in [-0.39, 0.29) is 23.3 Å². The van der Waals surface area contributed by atoms with Gasteiger partial charge in [-0.2, -0.15) is 0 Å². The summed E-state index contributed by atoms with van der Waals surface area (Å²) >= 11 is 0. The number of aromatic amines is 1. The molecule has 1 atom stereocenters. The van der Waals surface area contributed by atoms with Crippen LogP contribution in [0, 0.1) is 5.82 Å². The van der Waals surface area contributed by atoms with Crippen LogP contribution >= 0.6 is 0 Å². The molecule has 1 aromatic carbocycles. The van der Waals surface area contributed by atoms with Gasteiger partial charge in [0.25, 0.3) is 5.56 Å². The minimum Gasteiger partial charge on any atom is -0.329 e. The number of aromatic nitrogens is 1. The SMILES string of the molecule is O=C(CC1CCCCN1Cc1ccc[nH]c1=O)Nc1ccc(F)cc1. The zero-order valence-corrected chi connectivity index (χ0v) is 14.0. The molecule has 2 N–H and O–H groups in total. The van der Waals surface area contributed by atoms with Gasteiger partial charge in [-0.3, -0.25) is 14.5 Å². The van der Waals surface area contributed by atoms with Crippen LogP contribution < -0.4 is 10.9 Å². The second-order valence-corrected chi connectivity index (χ2v) is 6.40. The summed E-state index contributed by atoms with van der Waals surface area (Å²) in [5.41, 5.74) is 1.23. The maximum atomic E-state index is 12.9. The second-order valence-electron chi connectivity index (χ2n) is 6.40. The summed E-state index contributed by atoms with van der Waals surface area (Å²) in [5.74, 6) is -0.421. The zero-order chi connectivity index (χ0) is 17.6. The molecule has 1 saturated heterocycles. The van der Waals surface area contributed by atoms with Gasteiger partial charge in [-0.15, -0.1) is 0 Å². The Morgan fingerprint density at radius 2 is 2.04 bits per heavy atom. The van der Waals surface area contributed by atoms with Crippen LogP contribution in [0.5, 0.6) is 0 Å². The number of pyridine rings is 1. The van der Waals surface area contributed by atoms with Crippen molar-refractivity contribution < 1.29 is 9.18 Å². The van der Waals surface area contributed by atoms with Crippen molar-refractivity contribution in [3.8, 4) is 0 Å². The van der Waals surface area contributed by atoms with Crippen LogP contribution in [0.25, 0.3) is 0 Å². The van der Waals surface area contributed by atoms with Crippen molar-refractivity contribution in [2.75, 3.05) is 11.9 Å². The predicted octanol–water partition coefficient (Wildman–Crippen LogP) is 2.90. The van der Waals surface area contributed by atoms with Gasteiger partial charge in [0.15, 0.2) is 0 Å². The highest BCUT2D eigenvalue weighted by molar-refractivity contribution is 5.91. The topological polar surface area (TPSA) is 65.2 Å². The number of halogens is 1. The Morgan fingerprint density at radius 1 is 1.24 bits per heavy atom. The van der Waals surface area contributed by atoms with E-state index in [1.165, 1.54) is 12.1 Å². The molecule has 1 aliphatic rings. The molecule has 2 heterocycles. The van der Waals surface area contributed by atoms with E-state index in [4.69, 9.17) is 0 Å². The van der Waals surface area contributed by atoms with E-state index >= 15 is 0 Å². The number of amides is 1. The Labute approximate surface area is 145 Å². The molecule has 0 saturated carbocycles. The summed E-state index contributed by atoms with van der Waals surface area (Å²) in [6.07, 6.45) is 5.07. The van der Waals surface area contributed by atoms with Crippen molar-refractivity contribution >= 4 is 11.6 Å². The molecule has 0 aliphatic carbocycles. The molecule has 0 bridgehead atoms. The maximum Gasteiger partial charge on any atom is 0.252 e. The molecule has 1 amide bonds. The van der Waals surface area contributed by atoms with E-state index in [9.17, 15) is 14.0 Å². The summed E-state index contributed by atoms with van der Waals surface area (Å²) in [6, 6.07) is 9.49. The van der Waals surface area contributed by atoms with Gasteiger partial charge in [0.2, 0.25) is 5.91 Å². The quantitative estimate of drug-likeness (QED) is 0.877. The number of likely N-dealkylation sites (tertiary alicyclic amines) is 1. The predicted molar refractivity (Wildman–Crippen MR) is 94.8 cm³/mol. The lowest BCUT2D eigenvalue weighted by molar-refractivity contribution is -0.117. The Kier molecular flexibility index (Phi) is 5.60. The molecule has 6 heteroatoms. The number of hydrogen-bond acceptors (Lipinski definition) is 3. The first kappa shape index (κ1) is 17.4. The van der Waals surface area contributed by atoms with Crippen LogP contribution in [0.2, 0.25) is 0 Å². The second kappa shape index (κ2) is 8.07. The molecule has 3 rings (SSSR count). The summed E-state index contributed by atoms with van der Waals surface area (Å²) in [6.45, 7) is 1.42. The fraction of sp³-hybridized carbons (Fsp3) is 0.368. The van der Waals surface area contributed by atoms with Gasteiger partial charge in [-0.05, 0) is 49.7 Å². The summed E-state index contributed by atoms with van der Waals surface area (Å²) in [5, 5.41) is 2.81. The monoisotopic (exact) mass is 343 g/mol. The summed E-state index contributed by atoms with van der Waals surface area (Å²) in [4.78, 5) is 29.1. The van der Waals surface area contributed by atoms with Crippen LogP contribution in [-0.4, -0.2) is 28.4 Å². The van der Waals surface area contributed by atoms with E-state index in [2.05, 4.69) is 15.2 Å². The van der Waals surface area contributed by atoms with E-state index in [0.29, 0.717) is 24.2 Å². The number of nitrogens with one attached hydrogen (secondary N) is 2. The molecule has 1 fully saturated rings. The number of carbonyl (C=O) groups is 1. The van der Waals surface area contributed by atoms with Crippen molar-refractivity contribution in [3.05, 3.63) is 64.3 Å². The number of H-pyrrole nitrogens is 1. The van der Waals surface area contributed by atoms with Gasteiger partial charge >= 0.3 is 0 Å². The largest absolute Gasteiger partial charge is 0.329 e. The normalized spacial score (nSPS) is 18.0. The van der Waals surface area contributed by atoms with E-state index in [1.807, 2.05) is 12.1 Å². The third-order valence-electron chi connectivity index (χ3n) is 4.57. The molecular formula is C19H22FN3O2. The summed E-state index contributed by atoms with van der Waals surface area (Å²) < 4.78 is 12.9. The highest BCUT2D eigenvalue weighted by Crippen LogP contribution is 2.22. The van der Waals surface area contributed by atoms with Gasteiger partial charge in [0.05, 0.1) is 0 Å². The molecule has 132 valence electrons. The lowest BCUT2D eigenvalue weighted by Gasteiger charge is -2.35. The Hall–Kier alpha value is -2.47. The third kappa shape index (κ3) is 4.76. The van der Waals surface area contributed by atoms with Gasteiger partial charge < -0.3 is 10.3 Å². The fourth-order valence-corrected chi connectivity index (χ4v) is 3.26. The molecule has 0 spiro atoms. The Balaban J connectivity index is 1.62. The molecule has 1 unspecified atom stereocenters. The minimum atomic E-state index is -0.329. The first-order chi connectivity index (χ1) is 12.1. The highest BCUT2D eigenvalue weighted by Gasteiger charge is 2.25. The average molecular weight is 343 g/mol. The van der Waals surface area contributed by atoms with Crippen LogP contribution in [0.4, 0.5) is 10.1 Å². The lowest BCUT2D eigenvalue weighted by Crippen LogP contribution is -2.42. The number of rotatable bonds is 5. The van der Waals surface area contributed by atoms with Crippen molar-refractivity contribution in [2.24, 2.45) is 0 Å². The number of hydrogen-bond donors (Lipinski definition) is 2. The molecule has 5 nitrogen and oxygen atoms in total. The van der Waals surface area contributed by atoms with Crippen molar-refractivity contribution in [2.45, 2.75) is 38.3 Å². The maximum absolute atomic E-state index is 12.9. The lowest BCUT2D eigenvalue weighted by atomic mass is 9.98. The van der Waals surface area contributed by atoms with Crippen LogP contribution in [0.15, 0.2) is 47.4 Å². The van der Waals surface area contributed by atoms with E-state index in [0.717, 1.165) is 25.8 Å². The number of carbonyl (C=O) groups excluding carboxylic acids is 1. The minimum absolute atomic E-state index is 0.0809. The standard InChI is InChI=1S/C19H22FN3O2/c20-15-6-8-16(9-7-15)22-18(24)12-17-5-1-2-11-23(17)13-14-4-3-10-21-19(14)25/h3-4,6-10,17H,1-2,5,11-13H2,(H,21,25)(H,22,24). The smallest absolute Gasteiger partial charge is 0.252 e. The van der Waals surface area contributed by atoms with Gasteiger partial charge in [0, 0.05) is 36.5 Å². The van der Waals surface area contributed by atoms with E-state index < -0.39 is 0 Å².